The Balaban J connectivity index is 4.35. The van der Waals surface area contributed by atoms with E-state index in [0.29, 0.717) is 19.3 Å². The van der Waals surface area contributed by atoms with Gasteiger partial charge in [-0.2, -0.15) is 0 Å². The van der Waals surface area contributed by atoms with Crippen molar-refractivity contribution < 1.29 is 28.6 Å². The minimum Gasteiger partial charge on any atom is -0.462 e. The monoisotopic (exact) mass is 827 g/mol. The normalized spacial score (nSPS) is 12.4. The minimum absolute atomic E-state index is 0.0829. The summed E-state index contributed by atoms with van der Waals surface area (Å²) < 4.78 is 16.7. The van der Waals surface area contributed by atoms with Gasteiger partial charge in [-0.3, -0.25) is 14.4 Å². The average Bonchev–Trinajstić information content (AvgIpc) is 3.23. The molecule has 0 rings (SSSR count). The Hall–Kier alpha value is -2.63. The zero-order valence-electron chi connectivity index (χ0n) is 39.0. The van der Waals surface area contributed by atoms with Crippen LogP contribution in [0.25, 0.3) is 0 Å². The zero-order chi connectivity index (χ0) is 43.0. The highest BCUT2D eigenvalue weighted by molar-refractivity contribution is 5.71. The van der Waals surface area contributed by atoms with Gasteiger partial charge in [0.1, 0.15) is 13.2 Å². The van der Waals surface area contributed by atoms with E-state index >= 15 is 0 Å². The van der Waals surface area contributed by atoms with Crippen molar-refractivity contribution in [3.8, 4) is 0 Å². The molecule has 0 aromatic carbocycles. The Morgan fingerprint density at radius 2 is 0.644 bits per heavy atom. The SMILES string of the molecule is CCC/C=C\CCCCCCCC(=O)OCC(COC(=O)CCCCCCCCC/C=C\C/C=C\CCCCCC)OC(=O)CCCCCCC/C=C\CCCCCC. The highest BCUT2D eigenvalue weighted by atomic mass is 16.6. The van der Waals surface area contributed by atoms with Crippen LogP contribution in [0.5, 0.6) is 0 Å². The van der Waals surface area contributed by atoms with Crippen LogP contribution in [0.15, 0.2) is 48.6 Å². The van der Waals surface area contributed by atoms with Crippen LogP contribution in [0.2, 0.25) is 0 Å². The van der Waals surface area contributed by atoms with Crippen LogP contribution in [0.4, 0.5) is 0 Å². The third kappa shape index (κ3) is 46.3. The number of ether oxygens (including phenoxy) is 3. The van der Waals surface area contributed by atoms with Crippen LogP contribution < -0.4 is 0 Å². The molecular formula is C53H94O6. The zero-order valence-corrected chi connectivity index (χ0v) is 39.0. The lowest BCUT2D eigenvalue weighted by atomic mass is 10.1. The van der Waals surface area contributed by atoms with Gasteiger partial charge in [0.05, 0.1) is 0 Å². The molecule has 342 valence electrons. The Bertz CT molecular complexity index is 1040. The first-order valence-electron chi connectivity index (χ1n) is 25.1. The summed E-state index contributed by atoms with van der Waals surface area (Å²) in [6.45, 7) is 6.53. The van der Waals surface area contributed by atoms with Gasteiger partial charge in [0.15, 0.2) is 6.10 Å². The van der Waals surface area contributed by atoms with Gasteiger partial charge in [-0.1, -0.05) is 185 Å². The summed E-state index contributed by atoms with van der Waals surface area (Å²) in [6.07, 6.45) is 56.6. The van der Waals surface area contributed by atoms with Crippen molar-refractivity contribution in [3.05, 3.63) is 48.6 Å². The Morgan fingerprint density at radius 3 is 1.02 bits per heavy atom. The van der Waals surface area contributed by atoms with Crippen LogP contribution in [-0.4, -0.2) is 37.2 Å². The van der Waals surface area contributed by atoms with Crippen molar-refractivity contribution in [3.63, 3.8) is 0 Å². The summed E-state index contributed by atoms with van der Waals surface area (Å²) in [5.41, 5.74) is 0. The molecule has 0 radical (unpaired) electrons. The second-order valence-electron chi connectivity index (χ2n) is 16.7. The van der Waals surface area contributed by atoms with Crippen LogP contribution >= 0.6 is 0 Å². The molecule has 0 spiro atoms. The third-order valence-corrected chi connectivity index (χ3v) is 10.8. The number of hydrogen-bond donors (Lipinski definition) is 0. The standard InChI is InChI=1S/C53H94O6/c1-4-7-10-13-16-19-22-24-25-26-27-28-30-31-34-37-40-43-46-52(55)58-49-50(48-57-51(54)45-42-39-36-33-21-18-15-12-9-6-3)59-53(56)47-44-41-38-35-32-29-23-20-17-14-11-8-5-2/h12,15,19-20,22-23,25-26,50H,4-11,13-14,16-18,21,24,27-49H2,1-3H3/b15-12-,22-19-,23-20-,26-25-. The molecule has 0 aliphatic heterocycles. The van der Waals surface area contributed by atoms with Crippen molar-refractivity contribution in [2.45, 2.75) is 258 Å². The number of hydrogen-bond acceptors (Lipinski definition) is 6. The van der Waals surface area contributed by atoms with E-state index in [-0.39, 0.29) is 31.1 Å². The fraction of sp³-hybridized carbons (Fsp3) is 0.792. The molecule has 6 heteroatoms. The van der Waals surface area contributed by atoms with E-state index in [1.807, 2.05) is 0 Å². The largest absolute Gasteiger partial charge is 0.462 e. The van der Waals surface area contributed by atoms with E-state index in [2.05, 4.69) is 69.4 Å². The molecule has 6 nitrogen and oxygen atoms in total. The molecule has 1 unspecified atom stereocenters. The Morgan fingerprint density at radius 1 is 0.339 bits per heavy atom. The predicted molar refractivity (Wildman–Crippen MR) is 252 cm³/mol. The van der Waals surface area contributed by atoms with Crippen LogP contribution in [0.3, 0.4) is 0 Å². The molecule has 0 aliphatic carbocycles. The number of esters is 3. The van der Waals surface area contributed by atoms with E-state index in [9.17, 15) is 14.4 Å². The fourth-order valence-corrected chi connectivity index (χ4v) is 6.94. The summed E-state index contributed by atoms with van der Waals surface area (Å²) in [7, 11) is 0. The molecule has 0 fully saturated rings. The van der Waals surface area contributed by atoms with E-state index in [0.717, 1.165) is 96.3 Å². The summed E-state index contributed by atoms with van der Waals surface area (Å²) in [6, 6.07) is 0. The molecule has 0 saturated carbocycles. The maximum Gasteiger partial charge on any atom is 0.306 e. The minimum atomic E-state index is -0.781. The molecule has 0 heterocycles. The first-order valence-corrected chi connectivity index (χ1v) is 25.1. The maximum absolute atomic E-state index is 12.7. The van der Waals surface area contributed by atoms with E-state index < -0.39 is 6.10 Å². The summed E-state index contributed by atoms with van der Waals surface area (Å²) in [5.74, 6) is -0.907. The van der Waals surface area contributed by atoms with Gasteiger partial charge in [0.2, 0.25) is 0 Å². The Kier molecular flexibility index (Phi) is 45.9. The molecule has 0 N–H and O–H groups in total. The van der Waals surface area contributed by atoms with Crippen molar-refractivity contribution in [1.82, 2.24) is 0 Å². The lowest BCUT2D eigenvalue weighted by molar-refractivity contribution is -0.167. The van der Waals surface area contributed by atoms with Crippen molar-refractivity contribution in [1.29, 1.82) is 0 Å². The number of unbranched alkanes of at least 4 members (excludes halogenated alkanes) is 26. The number of allylic oxidation sites excluding steroid dienone is 8. The molecule has 0 amide bonds. The highest BCUT2D eigenvalue weighted by Crippen LogP contribution is 2.14. The molecule has 0 aliphatic rings. The van der Waals surface area contributed by atoms with Gasteiger partial charge < -0.3 is 14.2 Å². The van der Waals surface area contributed by atoms with Crippen molar-refractivity contribution >= 4 is 17.9 Å². The van der Waals surface area contributed by atoms with Gasteiger partial charge in [0, 0.05) is 19.3 Å². The molecule has 0 aromatic rings. The Labute approximate surface area is 365 Å². The van der Waals surface area contributed by atoms with Crippen LogP contribution in [0.1, 0.15) is 252 Å². The van der Waals surface area contributed by atoms with Crippen molar-refractivity contribution in [2.24, 2.45) is 0 Å². The lowest BCUT2D eigenvalue weighted by Gasteiger charge is -2.18. The van der Waals surface area contributed by atoms with Gasteiger partial charge in [-0.05, 0) is 96.3 Å². The van der Waals surface area contributed by atoms with Gasteiger partial charge in [-0.25, -0.2) is 0 Å². The summed E-state index contributed by atoms with van der Waals surface area (Å²) in [5, 5.41) is 0. The van der Waals surface area contributed by atoms with Crippen LogP contribution in [-0.2, 0) is 28.6 Å². The van der Waals surface area contributed by atoms with E-state index in [1.165, 1.54) is 116 Å². The predicted octanol–water partition coefficient (Wildman–Crippen LogP) is 16.3. The summed E-state index contributed by atoms with van der Waals surface area (Å²) in [4.78, 5) is 37.8. The number of carbonyl (C=O) groups excluding carboxylic acids is 3. The quantitative estimate of drug-likeness (QED) is 0.0263. The van der Waals surface area contributed by atoms with Crippen LogP contribution in [0, 0.1) is 0 Å². The molecular weight excluding hydrogens is 733 g/mol. The van der Waals surface area contributed by atoms with Crippen molar-refractivity contribution in [2.75, 3.05) is 13.2 Å². The topological polar surface area (TPSA) is 78.9 Å². The first-order chi connectivity index (χ1) is 29.0. The van der Waals surface area contributed by atoms with Gasteiger partial charge in [0.25, 0.3) is 0 Å². The highest BCUT2D eigenvalue weighted by Gasteiger charge is 2.19. The maximum atomic E-state index is 12.7. The van der Waals surface area contributed by atoms with Gasteiger partial charge >= 0.3 is 17.9 Å². The molecule has 0 aromatic heterocycles. The third-order valence-electron chi connectivity index (χ3n) is 10.8. The second kappa shape index (κ2) is 48.0. The van der Waals surface area contributed by atoms with Gasteiger partial charge in [-0.15, -0.1) is 0 Å². The fourth-order valence-electron chi connectivity index (χ4n) is 6.94. The molecule has 1 atom stereocenters. The lowest BCUT2D eigenvalue weighted by Crippen LogP contribution is -2.30. The number of rotatable bonds is 45. The van der Waals surface area contributed by atoms with E-state index in [4.69, 9.17) is 14.2 Å². The second-order valence-corrected chi connectivity index (χ2v) is 16.7. The van der Waals surface area contributed by atoms with E-state index in [1.54, 1.807) is 0 Å². The summed E-state index contributed by atoms with van der Waals surface area (Å²) >= 11 is 0. The smallest absolute Gasteiger partial charge is 0.306 e. The first kappa shape index (κ1) is 56.4. The molecule has 59 heavy (non-hydrogen) atoms. The number of carbonyl (C=O) groups is 3. The molecule has 0 saturated heterocycles. The average molecular weight is 827 g/mol. The molecule has 0 bridgehead atoms.